The summed E-state index contributed by atoms with van der Waals surface area (Å²) in [7, 11) is 1.59. The lowest BCUT2D eigenvalue weighted by atomic mass is 9.85. The summed E-state index contributed by atoms with van der Waals surface area (Å²) in [4.78, 5) is 36.1. The lowest BCUT2D eigenvalue weighted by Gasteiger charge is -2.40. The molecule has 2 rings (SSSR count). The third kappa shape index (κ3) is 5.34. The van der Waals surface area contributed by atoms with Crippen molar-refractivity contribution in [2.75, 3.05) is 20.1 Å². The zero-order chi connectivity index (χ0) is 20.0. The molecule has 1 aliphatic carbocycles. The van der Waals surface area contributed by atoms with E-state index in [1.165, 1.54) is 5.70 Å². The Kier molecular flexibility index (Phi) is 7.05. The summed E-state index contributed by atoms with van der Waals surface area (Å²) < 4.78 is 0. The van der Waals surface area contributed by atoms with Crippen LogP contribution in [-0.2, 0) is 14.4 Å². The molecule has 1 fully saturated rings. The van der Waals surface area contributed by atoms with Crippen LogP contribution in [0, 0.1) is 11.3 Å². The van der Waals surface area contributed by atoms with E-state index in [4.69, 9.17) is 5.11 Å². The van der Waals surface area contributed by atoms with E-state index in [0.717, 1.165) is 37.9 Å². The normalized spacial score (nSPS) is 20.5. The number of carboxylic acid groups (broad SMARTS) is 1. The lowest BCUT2D eigenvalue weighted by Crippen LogP contribution is -2.41. The molecule has 2 aliphatic rings. The number of piperidine rings is 1. The van der Waals surface area contributed by atoms with Crippen LogP contribution in [0.3, 0.4) is 0 Å². The molecule has 7 nitrogen and oxygen atoms in total. The molecular formula is C20H31N3O4. The van der Waals surface area contributed by atoms with Crippen LogP contribution in [0.15, 0.2) is 23.5 Å². The average molecular weight is 377 g/mol. The van der Waals surface area contributed by atoms with Crippen LogP contribution in [-0.4, -0.2) is 54.3 Å². The number of rotatable bonds is 9. The number of likely N-dealkylation sites (tertiary alicyclic amines) is 1. The fraction of sp³-hybridized carbons (Fsp3) is 0.650. The molecule has 7 heteroatoms. The Labute approximate surface area is 160 Å². The zero-order valence-corrected chi connectivity index (χ0v) is 16.5. The SMILES string of the molecule is CNC(=O)CCC(C=O)NC1=CC=C(N2CCC(CC(=O)O)CC2)C1(C)C. The Hall–Kier alpha value is -2.31. The Morgan fingerprint density at radius 2 is 2.00 bits per heavy atom. The maximum atomic E-state index is 11.4. The van der Waals surface area contributed by atoms with Crippen molar-refractivity contribution >= 4 is 18.2 Å². The molecule has 1 amide bonds. The Morgan fingerprint density at radius 1 is 1.33 bits per heavy atom. The highest BCUT2D eigenvalue weighted by molar-refractivity contribution is 5.76. The molecular weight excluding hydrogens is 346 g/mol. The first kappa shape index (κ1) is 21.0. The molecule has 0 bridgehead atoms. The number of allylic oxidation sites excluding steroid dienone is 2. The number of carbonyl (C=O) groups is 3. The first-order chi connectivity index (χ1) is 12.8. The highest BCUT2D eigenvalue weighted by Gasteiger charge is 2.37. The van der Waals surface area contributed by atoms with Gasteiger partial charge in [-0.15, -0.1) is 0 Å². The van der Waals surface area contributed by atoms with E-state index in [0.29, 0.717) is 12.8 Å². The summed E-state index contributed by atoms with van der Waals surface area (Å²) in [6.07, 6.45) is 7.71. The monoisotopic (exact) mass is 377 g/mol. The van der Waals surface area contributed by atoms with Gasteiger partial charge in [0.2, 0.25) is 5.91 Å². The Balaban J connectivity index is 1.92. The van der Waals surface area contributed by atoms with Crippen LogP contribution >= 0.6 is 0 Å². The summed E-state index contributed by atoms with van der Waals surface area (Å²) >= 11 is 0. The zero-order valence-electron chi connectivity index (χ0n) is 16.5. The van der Waals surface area contributed by atoms with Crippen LogP contribution in [0.4, 0.5) is 0 Å². The fourth-order valence-electron chi connectivity index (χ4n) is 3.86. The van der Waals surface area contributed by atoms with Gasteiger partial charge in [-0.05, 0) is 51.2 Å². The van der Waals surface area contributed by atoms with Gasteiger partial charge in [-0.1, -0.05) is 0 Å². The number of nitrogens with zero attached hydrogens (tertiary/aromatic N) is 1. The number of amides is 1. The van der Waals surface area contributed by atoms with Crippen molar-refractivity contribution in [3.8, 4) is 0 Å². The van der Waals surface area contributed by atoms with Gasteiger partial charge in [-0.3, -0.25) is 9.59 Å². The minimum atomic E-state index is -0.723. The molecule has 0 aromatic rings. The van der Waals surface area contributed by atoms with Gasteiger partial charge in [-0.2, -0.15) is 0 Å². The third-order valence-electron chi connectivity index (χ3n) is 5.61. The number of aliphatic carboxylic acids is 1. The van der Waals surface area contributed by atoms with Crippen LogP contribution < -0.4 is 10.6 Å². The second-order valence-corrected chi connectivity index (χ2v) is 7.88. The van der Waals surface area contributed by atoms with Crippen LogP contribution in [0.5, 0.6) is 0 Å². The highest BCUT2D eigenvalue weighted by Crippen LogP contribution is 2.41. The van der Waals surface area contributed by atoms with E-state index >= 15 is 0 Å². The van der Waals surface area contributed by atoms with Crippen molar-refractivity contribution in [2.24, 2.45) is 11.3 Å². The van der Waals surface area contributed by atoms with Gasteiger partial charge in [0.1, 0.15) is 6.29 Å². The number of carbonyl (C=O) groups excluding carboxylic acids is 2. The largest absolute Gasteiger partial charge is 0.481 e. The maximum Gasteiger partial charge on any atom is 0.303 e. The van der Waals surface area contributed by atoms with E-state index in [1.54, 1.807) is 7.05 Å². The quantitative estimate of drug-likeness (QED) is 0.529. The summed E-state index contributed by atoms with van der Waals surface area (Å²) in [6.45, 7) is 5.94. The van der Waals surface area contributed by atoms with Crippen molar-refractivity contribution in [3.05, 3.63) is 23.5 Å². The Bertz CT molecular complexity index is 631. The van der Waals surface area contributed by atoms with Crippen LogP contribution in [0.1, 0.15) is 46.0 Å². The molecule has 1 saturated heterocycles. The summed E-state index contributed by atoms with van der Waals surface area (Å²) in [5, 5.41) is 14.8. The predicted octanol–water partition coefficient (Wildman–Crippen LogP) is 1.66. The number of nitrogens with one attached hydrogen (secondary N) is 2. The van der Waals surface area contributed by atoms with Gasteiger partial charge in [0, 0.05) is 49.8 Å². The van der Waals surface area contributed by atoms with Crippen LogP contribution in [0.2, 0.25) is 0 Å². The third-order valence-corrected chi connectivity index (χ3v) is 5.61. The minimum Gasteiger partial charge on any atom is -0.481 e. The highest BCUT2D eigenvalue weighted by atomic mass is 16.4. The smallest absolute Gasteiger partial charge is 0.303 e. The van der Waals surface area contributed by atoms with Crippen LogP contribution in [0.25, 0.3) is 0 Å². The molecule has 1 aliphatic heterocycles. The lowest BCUT2D eigenvalue weighted by molar-refractivity contribution is -0.138. The average Bonchev–Trinajstić information content (AvgIpc) is 2.92. The summed E-state index contributed by atoms with van der Waals surface area (Å²) in [5.41, 5.74) is 1.90. The minimum absolute atomic E-state index is 0.0774. The van der Waals surface area contributed by atoms with Gasteiger partial charge >= 0.3 is 5.97 Å². The number of hydrogen-bond donors (Lipinski definition) is 3. The van der Waals surface area contributed by atoms with Crippen molar-refractivity contribution in [3.63, 3.8) is 0 Å². The van der Waals surface area contributed by atoms with Crippen molar-refractivity contribution in [1.29, 1.82) is 0 Å². The number of aldehydes is 1. The first-order valence-corrected chi connectivity index (χ1v) is 9.60. The topological polar surface area (TPSA) is 98.7 Å². The van der Waals surface area contributed by atoms with E-state index in [1.807, 2.05) is 6.08 Å². The van der Waals surface area contributed by atoms with E-state index < -0.39 is 12.0 Å². The van der Waals surface area contributed by atoms with Gasteiger partial charge < -0.3 is 25.4 Å². The van der Waals surface area contributed by atoms with Gasteiger partial charge in [0.25, 0.3) is 0 Å². The van der Waals surface area contributed by atoms with Crippen molar-refractivity contribution < 1.29 is 19.5 Å². The molecule has 0 aromatic heterocycles. The Morgan fingerprint density at radius 3 is 2.56 bits per heavy atom. The predicted molar refractivity (Wildman–Crippen MR) is 103 cm³/mol. The molecule has 150 valence electrons. The van der Waals surface area contributed by atoms with E-state index in [-0.39, 0.29) is 23.7 Å². The second-order valence-electron chi connectivity index (χ2n) is 7.88. The second kappa shape index (κ2) is 9.06. The van der Waals surface area contributed by atoms with E-state index in [9.17, 15) is 14.4 Å². The van der Waals surface area contributed by atoms with Crippen molar-refractivity contribution in [1.82, 2.24) is 15.5 Å². The van der Waals surface area contributed by atoms with Gasteiger partial charge in [0.05, 0.1) is 6.04 Å². The molecule has 27 heavy (non-hydrogen) atoms. The molecule has 1 atom stereocenters. The molecule has 1 unspecified atom stereocenters. The fourth-order valence-corrected chi connectivity index (χ4v) is 3.86. The maximum absolute atomic E-state index is 11.4. The van der Waals surface area contributed by atoms with E-state index in [2.05, 4.69) is 35.5 Å². The summed E-state index contributed by atoms with van der Waals surface area (Å²) in [5.74, 6) is -0.552. The van der Waals surface area contributed by atoms with Gasteiger partial charge in [0.15, 0.2) is 0 Å². The molecule has 0 spiro atoms. The first-order valence-electron chi connectivity index (χ1n) is 9.60. The molecule has 3 N–H and O–H groups in total. The van der Waals surface area contributed by atoms with Gasteiger partial charge in [-0.25, -0.2) is 0 Å². The molecule has 1 heterocycles. The molecule has 0 radical (unpaired) electrons. The molecule has 0 saturated carbocycles. The standard InChI is InChI=1S/C20H31N3O4/c1-20(2)16(22-15(13-24)4-7-18(25)21-3)5-6-17(20)23-10-8-14(9-11-23)12-19(26)27/h5-6,13-15,22H,4,7-12H2,1-3H3,(H,21,25)(H,26,27). The summed E-state index contributed by atoms with van der Waals surface area (Å²) in [6, 6.07) is -0.401. The number of hydrogen-bond acceptors (Lipinski definition) is 5. The van der Waals surface area contributed by atoms with Crippen molar-refractivity contribution in [2.45, 2.75) is 52.0 Å². The molecule has 0 aromatic carbocycles. The number of carboxylic acids is 1.